The van der Waals surface area contributed by atoms with Gasteiger partial charge in [0.1, 0.15) is 5.69 Å². The molecule has 0 radical (unpaired) electrons. The van der Waals surface area contributed by atoms with Gasteiger partial charge in [-0.2, -0.15) is 0 Å². The molecule has 0 saturated carbocycles. The molecular formula is C18H13N3OS. The number of pyridine rings is 1. The van der Waals surface area contributed by atoms with Crippen LogP contribution >= 0.6 is 11.8 Å². The number of benzene rings is 2. The van der Waals surface area contributed by atoms with Gasteiger partial charge in [0.15, 0.2) is 0 Å². The average Bonchev–Trinajstić information content (AvgIpc) is 3.10. The fourth-order valence-corrected chi connectivity index (χ4v) is 3.19. The van der Waals surface area contributed by atoms with Crippen LogP contribution < -0.4 is 0 Å². The topological polar surface area (TPSA) is 51.8 Å². The van der Waals surface area contributed by atoms with Crippen molar-refractivity contribution >= 4 is 22.5 Å². The van der Waals surface area contributed by atoms with Crippen molar-refractivity contribution in [3.05, 3.63) is 72.4 Å². The van der Waals surface area contributed by atoms with Gasteiger partial charge in [-0.3, -0.25) is 4.98 Å². The molecule has 0 fully saturated rings. The Labute approximate surface area is 137 Å². The lowest BCUT2D eigenvalue weighted by molar-refractivity contribution is 0.464. The number of rotatable bonds is 4. The molecule has 0 aliphatic rings. The van der Waals surface area contributed by atoms with Crippen LogP contribution in [-0.2, 0) is 5.75 Å². The van der Waals surface area contributed by atoms with Gasteiger partial charge in [-0.05, 0) is 28.5 Å². The Bertz CT molecular complexity index is 932. The van der Waals surface area contributed by atoms with E-state index in [2.05, 4.69) is 57.6 Å². The first-order chi connectivity index (χ1) is 11.4. The van der Waals surface area contributed by atoms with E-state index in [0.717, 1.165) is 5.75 Å². The Morgan fingerprint density at radius 1 is 0.870 bits per heavy atom. The summed E-state index contributed by atoms with van der Waals surface area (Å²) in [5.74, 6) is 1.23. The highest BCUT2D eigenvalue weighted by Crippen LogP contribution is 2.28. The number of thioether (sulfide) groups is 1. The van der Waals surface area contributed by atoms with Crippen LogP contribution in [0.1, 0.15) is 5.56 Å². The van der Waals surface area contributed by atoms with E-state index in [-0.39, 0.29) is 0 Å². The summed E-state index contributed by atoms with van der Waals surface area (Å²) in [7, 11) is 0. The molecule has 2 aromatic carbocycles. The number of hydrogen-bond donors (Lipinski definition) is 0. The molecule has 2 heterocycles. The lowest BCUT2D eigenvalue weighted by atomic mass is 10.1. The molecule has 0 spiro atoms. The number of hydrogen-bond acceptors (Lipinski definition) is 5. The molecule has 4 rings (SSSR count). The fraction of sp³-hybridized carbons (Fsp3) is 0.0556. The monoisotopic (exact) mass is 319 g/mol. The Balaban J connectivity index is 1.54. The molecule has 0 aliphatic carbocycles. The zero-order chi connectivity index (χ0) is 15.5. The van der Waals surface area contributed by atoms with Crippen LogP contribution in [0.25, 0.3) is 22.4 Å². The fourth-order valence-electron chi connectivity index (χ4n) is 2.42. The van der Waals surface area contributed by atoms with E-state index in [9.17, 15) is 0 Å². The van der Waals surface area contributed by atoms with Crippen LogP contribution in [0.5, 0.6) is 0 Å². The highest BCUT2D eigenvalue weighted by atomic mass is 32.2. The number of nitrogens with zero attached hydrogens (tertiary/aromatic N) is 3. The van der Waals surface area contributed by atoms with Gasteiger partial charge in [0.25, 0.3) is 11.1 Å². The predicted octanol–water partition coefficient (Wildman–Crippen LogP) is 4.58. The molecular weight excluding hydrogens is 306 g/mol. The van der Waals surface area contributed by atoms with E-state index in [1.165, 1.54) is 28.1 Å². The summed E-state index contributed by atoms with van der Waals surface area (Å²) < 4.78 is 5.68. The maximum Gasteiger partial charge on any atom is 0.277 e. The minimum Gasteiger partial charge on any atom is -0.410 e. The first kappa shape index (κ1) is 14.0. The van der Waals surface area contributed by atoms with Crippen LogP contribution in [0.15, 0.2) is 76.5 Å². The second-order valence-corrected chi connectivity index (χ2v) is 5.94. The smallest absolute Gasteiger partial charge is 0.277 e. The van der Waals surface area contributed by atoms with Crippen LogP contribution in [-0.4, -0.2) is 15.2 Å². The Kier molecular flexibility index (Phi) is 3.78. The van der Waals surface area contributed by atoms with Crippen molar-refractivity contribution in [1.82, 2.24) is 15.2 Å². The first-order valence-corrected chi connectivity index (χ1v) is 8.23. The predicted molar refractivity (Wildman–Crippen MR) is 91.0 cm³/mol. The molecule has 0 unspecified atom stereocenters. The summed E-state index contributed by atoms with van der Waals surface area (Å²) in [5.41, 5.74) is 1.95. The average molecular weight is 319 g/mol. The molecule has 5 heteroatoms. The third-order valence-corrected chi connectivity index (χ3v) is 4.39. The van der Waals surface area contributed by atoms with Crippen molar-refractivity contribution in [2.45, 2.75) is 11.0 Å². The van der Waals surface area contributed by atoms with Gasteiger partial charge in [0.2, 0.25) is 0 Å². The summed E-state index contributed by atoms with van der Waals surface area (Å²) >= 11 is 1.54. The first-order valence-electron chi connectivity index (χ1n) is 7.24. The van der Waals surface area contributed by atoms with E-state index in [1.807, 2.05) is 18.2 Å². The maximum atomic E-state index is 5.68. The van der Waals surface area contributed by atoms with Gasteiger partial charge in [-0.15, -0.1) is 10.2 Å². The maximum absolute atomic E-state index is 5.68. The summed E-state index contributed by atoms with van der Waals surface area (Å²) in [5, 5.41) is 11.2. The van der Waals surface area contributed by atoms with Gasteiger partial charge >= 0.3 is 0 Å². The van der Waals surface area contributed by atoms with Crippen molar-refractivity contribution in [3.63, 3.8) is 0 Å². The summed E-state index contributed by atoms with van der Waals surface area (Å²) in [4.78, 5) is 4.22. The standard InChI is InChI=1S/C18H13N3OS/c1-2-9-15-13(6-1)7-5-8-14(15)12-23-18-21-20-17(22-18)16-10-3-4-11-19-16/h1-11H,12H2. The second-order valence-electron chi connectivity index (χ2n) is 5.02. The van der Waals surface area contributed by atoms with Crippen molar-refractivity contribution in [3.8, 4) is 11.6 Å². The molecule has 0 atom stereocenters. The minimum atomic E-state index is 0.450. The SMILES string of the molecule is c1ccc(-c2nnc(SCc3cccc4ccccc34)o2)nc1. The molecule has 4 nitrogen and oxygen atoms in total. The molecule has 0 bridgehead atoms. The lowest BCUT2D eigenvalue weighted by Gasteiger charge is -2.04. The number of aromatic nitrogens is 3. The van der Waals surface area contributed by atoms with E-state index in [0.29, 0.717) is 16.8 Å². The van der Waals surface area contributed by atoms with Gasteiger partial charge < -0.3 is 4.42 Å². The molecule has 2 aromatic heterocycles. The van der Waals surface area contributed by atoms with Gasteiger partial charge in [0.05, 0.1) is 0 Å². The van der Waals surface area contributed by atoms with Crippen LogP contribution in [0, 0.1) is 0 Å². The van der Waals surface area contributed by atoms with Crippen molar-refractivity contribution in [1.29, 1.82) is 0 Å². The Morgan fingerprint density at radius 2 is 1.74 bits per heavy atom. The lowest BCUT2D eigenvalue weighted by Crippen LogP contribution is -1.84. The molecule has 0 aliphatic heterocycles. The Morgan fingerprint density at radius 3 is 2.65 bits per heavy atom. The molecule has 112 valence electrons. The third kappa shape index (κ3) is 2.96. The van der Waals surface area contributed by atoms with Crippen molar-refractivity contribution < 1.29 is 4.42 Å². The molecule has 0 N–H and O–H groups in total. The highest BCUT2D eigenvalue weighted by molar-refractivity contribution is 7.98. The zero-order valence-corrected chi connectivity index (χ0v) is 13.0. The third-order valence-electron chi connectivity index (χ3n) is 3.52. The number of fused-ring (bicyclic) bond motifs is 1. The molecule has 23 heavy (non-hydrogen) atoms. The van der Waals surface area contributed by atoms with Gasteiger partial charge in [0, 0.05) is 11.9 Å². The van der Waals surface area contributed by atoms with Crippen LogP contribution in [0.2, 0.25) is 0 Å². The van der Waals surface area contributed by atoms with E-state index in [4.69, 9.17) is 4.42 Å². The zero-order valence-electron chi connectivity index (χ0n) is 12.2. The Hall–Kier alpha value is -2.66. The van der Waals surface area contributed by atoms with Crippen LogP contribution in [0.4, 0.5) is 0 Å². The van der Waals surface area contributed by atoms with E-state index in [1.54, 1.807) is 6.20 Å². The highest BCUT2D eigenvalue weighted by Gasteiger charge is 2.10. The quantitative estimate of drug-likeness (QED) is 0.515. The van der Waals surface area contributed by atoms with E-state index >= 15 is 0 Å². The van der Waals surface area contributed by atoms with Crippen molar-refractivity contribution in [2.75, 3.05) is 0 Å². The largest absolute Gasteiger partial charge is 0.410 e. The molecule has 0 saturated heterocycles. The molecule has 0 amide bonds. The minimum absolute atomic E-state index is 0.450. The summed E-state index contributed by atoms with van der Waals surface area (Å²) in [6, 6.07) is 20.3. The second kappa shape index (κ2) is 6.22. The summed E-state index contributed by atoms with van der Waals surface area (Å²) in [6.45, 7) is 0. The van der Waals surface area contributed by atoms with Gasteiger partial charge in [-0.25, -0.2) is 0 Å². The van der Waals surface area contributed by atoms with E-state index < -0.39 is 0 Å². The summed E-state index contributed by atoms with van der Waals surface area (Å²) in [6.07, 6.45) is 1.71. The van der Waals surface area contributed by atoms with Crippen molar-refractivity contribution in [2.24, 2.45) is 0 Å². The normalized spacial score (nSPS) is 11.0. The van der Waals surface area contributed by atoms with Crippen LogP contribution in [0.3, 0.4) is 0 Å². The van der Waals surface area contributed by atoms with Gasteiger partial charge in [-0.1, -0.05) is 60.3 Å². The molecule has 4 aromatic rings.